The van der Waals surface area contributed by atoms with Crippen LogP contribution in [0.2, 0.25) is 0 Å². The number of carbonyl (C=O) groups is 1. The van der Waals surface area contributed by atoms with Crippen molar-refractivity contribution in [2.24, 2.45) is 0 Å². The van der Waals surface area contributed by atoms with Crippen molar-refractivity contribution in [2.75, 3.05) is 25.9 Å². The highest BCUT2D eigenvalue weighted by molar-refractivity contribution is 6.10. The molecule has 0 saturated carbocycles. The molecule has 0 bridgehead atoms. The zero-order chi connectivity index (χ0) is 22.5. The maximum absolute atomic E-state index is 13.1. The van der Waals surface area contributed by atoms with Crippen molar-refractivity contribution in [1.82, 2.24) is 25.5 Å². The van der Waals surface area contributed by atoms with Gasteiger partial charge in [-0.1, -0.05) is 0 Å². The van der Waals surface area contributed by atoms with Crippen LogP contribution in [0.4, 0.5) is 5.82 Å². The van der Waals surface area contributed by atoms with Gasteiger partial charge in [-0.15, -0.1) is 0 Å². The molecule has 2 aromatic heterocycles. The Hall–Kier alpha value is -3.94. The number of nitrogen functional groups attached to an aromatic ring is 1. The van der Waals surface area contributed by atoms with E-state index < -0.39 is 0 Å². The van der Waals surface area contributed by atoms with Crippen LogP contribution in [0, 0.1) is 5.41 Å². The molecule has 5 N–H and O–H groups in total. The third-order valence-corrected chi connectivity index (χ3v) is 5.52. The highest BCUT2D eigenvalue weighted by Crippen LogP contribution is 2.26. The molecule has 1 amide bonds. The summed E-state index contributed by atoms with van der Waals surface area (Å²) in [5.41, 5.74) is 10.3. The van der Waals surface area contributed by atoms with Crippen molar-refractivity contribution in [3.05, 3.63) is 77.7 Å². The standard InChI is InChI=1S/C24H27N7O/c1-27-14-18-12-20(22(13-19(18)25)31-9-3-2-4-10-31)30-24(32)21-11-16(7-8-28-21)17-5-6-23(26)29-15-17/h5-8,11-15,25,27H,2-4,9-10H2,1H3,(H2,26,29)(H,30,32)/b18-14-,25-19?. The van der Waals surface area contributed by atoms with Crippen molar-refractivity contribution in [3.8, 4) is 11.1 Å². The maximum Gasteiger partial charge on any atom is 0.274 e. The van der Waals surface area contributed by atoms with E-state index in [1.807, 2.05) is 24.3 Å². The summed E-state index contributed by atoms with van der Waals surface area (Å²) in [6.07, 6.45) is 12.1. The molecule has 8 nitrogen and oxygen atoms in total. The van der Waals surface area contributed by atoms with Crippen LogP contribution in [0.3, 0.4) is 0 Å². The molecule has 1 saturated heterocycles. The van der Waals surface area contributed by atoms with Gasteiger partial charge in [-0.3, -0.25) is 9.78 Å². The number of nitrogens with zero attached hydrogens (tertiary/aromatic N) is 3. The lowest BCUT2D eigenvalue weighted by atomic mass is 9.99. The molecule has 1 aliphatic carbocycles. The summed E-state index contributed by atoms with van der Waals surface area (Å²) in [7, 11) is 1.79. The van der Waals surface area contributed by atoms with Crippen LogP contribution in [0.25, 0.3) is 11.1 Å². The highest BCUT2D eigenvalue weighted by Gasteiger charge is 2.24. The Bertz CT molecular complexity index is 1110. The second kappa shape index (κ2) is 9.47. The Balaban J connectivity index is 1.61. The number of aromatic nitrogens is 2. The Kier molecular flexibility index (Phi) is 6.30. The monoisotopic (exact) mass is 429 g/mol. The van der Waals surface area contributed by atoms with E-state index in [4.69, 9.17) is 11.1 Å². The number of nitrogens with one attached hydrogen (secondary N) is 3. The Morgan fingerprint density at radius 3 is 2.66 bits per heavy atom. The van der Waals surface area contributed by atoms with E-state index in [1.165, 1.54) is 6.42 Å². The predicted octanol–water partition coefficient (Wildman–Crippen LogP) is 2.85. The van der Waals surface area contributed by atoms with Crippen LogP contribution < -0.4 is 16.4 Å². The Morgan fingerprint density at radius 1 is 1.12 bits per heavy atom. The summed E-state index contributed by atoms with van der Waals surface area (Å²) in [6, 6.07) is 7.16. The lowest BCUT2D eigenvalue weighted by Crippen LogP contribution is -2.36. The van der Waals surface area contributed by atoms with Crippen LogP contribution in [-0.4, -0.2) is 46.6 Å². The van der Waals surface area contributed by atoms with Gasteiger partial charge in [0, 0.05) is 49.9 Å². The number of hydrogen-bond donors (Lipinski definition) is 4. The van der Waals surface area contributed by atoms with E-state index in [2.05, 4.69) is 25.5 Å². The molecular weight excluding hydrogens is 402 g/mol. The van der Waals surface area contributed by atoms with E-state index in [0.717, 1.165) is 42.8 Å². The molecule has 32 heavy (non-hydrogen) atoms. The normalized spacial score (nSPS) is 17.6. The van der Waals surface area contributed by atoms with E-state index >= 15 is 0 Å². The highest BCUT2D eigenvalue weighted by atomic mass is 16.1. The number of rotatable bonds is 5. The predicted molar refractivity (Wildman–Crippen MR) is 126 cm³/mol. The SMILES string of the molecule is CN/C=C1/C=C(NC(=O)c2cc(-c3ccc(N)nc3)ccn2)C(N2CCCCC2)=CC1=N. The quantitative estimate of drug-likeness (QED) is 0.580. The van der Waals surface area contributed by atoms with E-state index in [1.54, 1.807) is 37.8 Å². The first kappa shape index (κ1) is 21.3. The zero-order valence-corrected chi connectivity index (χ0v) is 18.1. The number of carbonyl (C=O) groups excluding carboxylic acids is 1. The van der Waals surface area contributed by atoms with Gasteiger partial charge in [-0.05, 0) is 61.2 Å². The van der Waals surface area contributed by atoms with Gasteiger partial charge in [0.2, 0.25) is 0 Å². The molecule has 0 aromatic carbocycles. The molecule has 0 unspecified atom stereocenters. The van der Waals surface area contributed by atoms with Gasteiger partial charge in [0.1, 0.15) is 11.5 Å². The van der Waals surface area contributed by atoms with E-state index in [-0.39, 0.29) is 5.91 Å². The average molecular weight is 430 g/mol. The number of piperidine rings is 1. The van der Waals surface area contributed by atoms with Crippen molar-refractivity contribution in [1.29, 1.82) is 5.41 Å². The Labute approximate surface area is 187 Å². The summed E-state index contributed by atoms with van der Waals surface area (Å²) in [5.74, 6) is 0.139. The zero-order valence-electron chi connectivity index (χ0n) is 18.1. The number of pyridine rings is 2. The molecule has 0 spiro atoms. The number of likely N-dealkylation sites (tertiary alicyclic amines) is 1. The molecule has 4 rings (SSSR count). The molecule has 1 aliphatic heterocycles. The van der Waals surface area contributed by atoms with E-state index in [9.17, 15) is 4.79 Å². The van der Waals surface area contributed by atoms with Gasteiger partial charge in [-0.2, -0.15) is 0 Å². The summed E-state index contributed by atoms with van der Waals surface area (Å²) in [5, 5.41) is 14.4. The first-order valence-electron chi connectivity index (χ1n) is 10.7. The van der Waals surface area contributed by atoms with E-state index in [0.29, 0.717) is 28.5 Å². The number of allylic oxidation sites excluding steroid dienone is 3. The first-order valence-corrected chi connectivity index (χ1v) is 10.7. The first-order chi connectivity index (χ1) is 15.5. The van der Waals surface area contributed by atoms with Gasteiger partial charge in [0.15, 0.2) is 0 Å². The molecule has 8 heteroatoms. The third kappa shape index (κ3) is 4.69. The van der Waals surface area contributed by atoms with Crippen molar-refractivity contribution < 1.29 is 4.79 Å². The largest absolute Gasteiger partial charge is 0.393 e. The van der Waals surface area contributed by atoms with Gasteiger partial charge in [0.05, 0.1) is 17.1 Å². The fourth-order valence-corrected chi connectivity index (χ4v) is 3.87. The molecule has 0 radical (unpaired) electrons. The van der Waals surface area contributed by atoms with Crippen LogP contribution in [0.1, 0.15) is 29.8 Å². The molecular formula is C24H27N7O. The number of nitrogens with two attached hydrogens (primary N) is 1. The second-order valence-corrected chi connectivity index (χ2v) is 7.79. The van der Waals surface area contributed by atoms with Gasteiger partial charge in [-0.25, -0.2) is 4.98 Å². The minimum Gasteiger partial charge on any atom is -0.393 e. The summed E-state index contributed by atoms with van der Waals surface area (Å²) >= 11 is 0. The molecule has 1 fully saturated rings. The maximum atomic E-state index is 13.1. The lowest BCUT2D eigenvalue weighted by Gasteiger charge is -2.34. The second-order valence-electron chi connectivity index (χ2n) is 7.79. The van der Waals surface area contributed by atoms with Crippen LogP contribution in [0.5, 0.6) is 0 Å². The molecule has 164 valence electrons. The summed E-state index contributed by atoms with van der Waals surface area (Å²) in [6.45, 7) is 1.82. The van der Waals surface area contributed by atoms with Gasteiger partial charge < -0.3 is 26.7 Å². The molecule has 0 atom stereocenters. The average Bonchev–Trinajstić information content (AvgIpc) is 2.82. The number of hydrogen-bond acceptors (Lipinski definition) is 7. The third-order valence-electron chi connectivity index (χ3n) is 5.52. The van der Waals surface area contributed by atoms with Crippen LogP contribution in [0.15, 0.2) is 72.0 Å². The number of anilines is 1. The minimum atomic E-state index is -0.304. The Morgan fingerprint density at radius 2 is 1.94 bits per heavy atom. The van der Waals surface area contributed by atoms with Gasteiger partial charge in [0.25, 0.3) is 5.91 Å². The summed E-state index contributed by atoms with van der Waals surface area (Å²) in [4.78, 5) is 23.8. The fourth-order valence-electron chi connectivity index (χ4n) is 3.87. The molecule has 2 aliphatic rings. The lowest BCUT2D eigenvalue weighted by molar-refractivity contribution is 0.0959. The number of amides is 1. The van der Waals surface area contributed by atoms with Crippen molar-refractivity contribution in [2.45, 2.75) is 19.3 Å². The summed E-state index contributed by atoms with van der Waals surface area (Å²) < 4.78 is 0. The molecule has 3 heterocycles. The minimum absolute atomic E-state index is 0.304. The topological polar surface area (TPSA) is 120 Å². The van der Waals surface area contributed by atoms with Crippen molar-refractivity contribution in [3.63, 3.8) is 0 Å². The van der Waals surface area contributed by atoms with Crippen LogP contribution in [-0.2, 0) is 0 Å². The molecule has 2 aromatic rings. The van der Waals surface area contributed by atoms with Crippen LogP contribution >= 0.6 is 0 Å². The van der Waals surface area contributed by atoms with Crippen molar-refractivity contribution >= 4 is 17.4 Å². The smallest absolute Gasteiger partial charge is 0.274 e. The fraction of sp³-hybridized carbons (Fsp3) is 0.250. The van der Waals surface area contributed by atoms with Gasteiger partial charge >= 0.3 is 0 Å².